The largest absolute Gasteiger partial charge is 0.323 e. The summed E-state index contributed by atoms with van der Waals surface area (Å²) >= 11 is 12.7. The summed E-state index contributed by atoms with van der Waals surface area (Å²) in [5, 5.41) is 5.76. The molecule has 0 amide bonds. The smallest absolute Gasteiger partial charge is 0.258 e. The van der Waals surface area contributed by atoms with Crippen LogP contribution in [0.1, 0.15) is 50.8 Å². The van der Waals surface area contributed by atoms with Gasteiger partial charge in [-0.05, 0) is 68.1 Å². The summed E-state index contributed by atoms with van der Waals surface area (Å²) < 4.78 is 1.88. The monoisotopic (exact) mass is 539 g/mol. The Morgan fingerprint density at radius 1 is 1.08 bits per heavy atom. The van der Waals surface area contributed by atoms with E-state index < -0.39 is 0 Å². The van der Waals surface area contributed by atoms with Crippen molar-refractivity contribution in [3.8, 4) is 0 Å². The Kier molecular flexibility index (Phi) is 8.95. The van der Waals surface area contributed by atoms with E-state index in [2.05, 4.69) is 42.0 Å². The molecule has 37 heavy (non-hydrogen) atoms. The van der Waals surface area contributed by atoms with Crippen LogP contribution in [0.15, 0.2) is 41.2 Å². The van der Waals surface area contributed by atoms with Gasteiger partial charge in [-0.25, -0.2) is 4.98 Å². The molecule has 8 heteroatoms. The van der Waals surface area contributed by atoms with E-state index >= 15 is 0 Å². The minimum atomic E-state index is -0.134. The molecule has 0 atom stereocenters. The lowest BCUT2D eigenvalue weighted by Gasteiger charge is -2.20. The van der Waals surface area contributed by atoms with Crippen molar-refractivity contribution < 1.29 is 0 Å². The first-order chi connectivity index (χ1) is 17.8. The number of nitrogens with one attached hydrogen (secondary N) is 2. The van der Waals surface area contributed by atoms with Gasteiger partial charge in [0.25, 0.3) is 5.56 Å². The van der Waals surface area contributed by atoms with Crippen LogP contribution in [0.5, 0.6) is 0 Å². The van der Waals surface area contributed by atoms with Crippen LogP contribution in [0.3, 0.4) is 0 Å². The molecule has 0 bridgehead atoms. The van der Waals surface area contributed by atoms with E-state index in [1.807, 2.05) is 29.8 Å². The molecule has 0 aliphatic carbocycles. The third-order valence-electron chi connectivity index (χ3n) is 6.82. The van der Waals surface area contributed by atoms with Gasteiger partial charge in [0, 0.05) is 19.3 Å². The topological polar surface area (TPSA) is 66.0 Å². The SMILES string of the molecule is CCCCN(CC=Cc1[nH]c(=O)c2c(ccc3nc(Nc4c(Cl)cccc4Cl)n(C)c32)c1C)CCCC. The van der Waals surface area contributed by atoms with Crippen LogP contribution in [-0.4, -0.2) is 39.1 Å². The van der Waals surface area contributed by atoms with Crippen LogP contribution in [0.4, 0.5) is 11.6 Å². The lowest BCUT2D eigenvalue weighted by atomic mass is 10.0. The number of anilines is 2. The zero-order chi connectivity index (χ0) is 26.5. The highest BCUT2D eigenvalue weighted by atomic mass is 35.5. The van der Waals surface area contributed by atoms with Crippen LogP contribution in [0.2, 0.25) is 10.0 Å². The fourth-order valence-corrected chi connectivity index (χ4v) is 5.15. The molecular formula is C29H35Cl2N5O. The number of aromatic amines is 1. The molecule has 0 fully saturated rings. The Morgan fingerprint density at radius 2 is 1.76 bits per heavy atom. The maximum atomic E-state index is 13.4. The highest BCUT2D eigenvalue weighted by molar-refractivity contribution is 6.39. The summed E-state index contributed by atoms with van der Waals surface area (Å²) in [4.78, 5) is 23.7. The van der Waals surface area contributed by atoms with Crippen molar-refractivity contribution in [1.29, 1.82) is 0 Å². The molecule has 4 rings (SSSR count). The third-order valence-corrected chi connectivity index (χ3v) is 7.45. The maximum absolute atomic E-state index is 13.4. The van der Waals surface area contributed by atoms with Gasteiger partial charge in [0.1, 0.15) is 0 Å². The zero-order valence-corrected chi connectivity index (χ0v) is 23.5. The van der Waals surface area contributed by atoms with Crippen molar-refractivity contribution in [2.24, 2.45) is 7.05 Å². The number of imidazole rings is 1. The first-order valence-corrected chi connectivity index (χ1v) is 13.7. The molecule has 6 nitrogen and oxygen atoms in total. The third kappa shape index (κ3) is 5.87. The van der Waals surface area contributed by atoms with Gasteiger partial charge in [0.05, 0.1) is 32.2 Å². The van der Waals surface area contributed by atoms with E-state index in [0.29, 0.717) is 27.1 Å². The molecule has 2 heterocycles. The summed E-state index contributed by atoms with van der Waals surface area (Å²) in [6.07, 6.45) is 8.98. The lowest BCUT2D eigenvalue weighted by molar-refractivity contribution is 0.293. The fraction of sp³-hybridized carbons (Fsp3) is 0.379. The zero-order valence-electron chi connectivity index (χ0n) is 22.0. The minimum absolute atomic E-state index is 0.134. The number of unbranched alkanes of at least 4 members (excludes halogenated alkanes) is 2. The fourth-order valence-electron chi connectivity index (χ4n) is 4.66. The number of aryl methyl sites for hydroxylation is 2. The van der Waals surface area contributed by atoms with Crippen LogP contribution in [0.25, 0.3) is 27.9 Å². The molecule has 0 radical (unpaired) electrons. The number of aromatic nitrogens is 3. The van der Waals surface area contributed by atoms with Crippen LogP contribution in [-0.2, 0) is 7.05 Å². The molecule has 2 N–H and O–H groups in total. The number of pyridine rings is 1. The van der Waals surface area contributed by atoms with Gasteiger partial charge >= 0.3 is 0 Å². The van der Waals surface area contributed by atoms with E-state index in [1.165, 1.54) is 25.7 Å². The normalized spacial score (nSPS) is 12.0. The summed E-state index contributed by atoms with van der Waals surface area (Å²) in [7, 11) is 1.88. The summed E-state index contributed by atoms with van der Waals surface area (Å²) in [5.41, 5.74) is 3.80. The van der Waals surface area contributed by atoms with Gasteiger partial charge < -0.3 is 14.9 Å². The van der Waals surface area contributed by atoms with Crippen molar-refractivity contribution in [2.75, 3.05) is 25.0 Å². The van der Waals surface area contributed by atoms with Crippen molar-refractivity contribution in [3.05, 3.63) is 68.1 Å². The summed E-state index contributed by atoms with van der Waals surface area (Å²) in [6.45, 7) is 9.57. The number of halogens is 2. The van der Waals surface area contributed by atoms with Gasteiger partial charge in [0.15, 0.2) is 0 Å². The predicted octanol–water partition coefficient (Wildman–Crippen LogP) is 7.69. The average molecular weight is 541 g/mol. The van der Waals surface area contributed by atoms with Crippen molar-refractivity contribution >= 4 is 62.7 Å². The number of H-pyrrole nitrogens is 1. The summed E-state index contributed by atoms with van der Waals surface area (Å²) in [5.74, 6) is 0.553. The number of fused-ring (bicyclic) bond motifs is 3. The molecule has 2 aromatic heterocycles. The standard InChI is InChI=1S/C29H35Cl2N5O/c1-5-7-16-36(17-8-6-2)18-10-13-23-19(3)20-14-15-24-27(25(20)28(37)32-23)35(4)29(33-24)34-26-21(30)11-9-12-22(26)31/h9-15H,5-8,16-18H2,1-4H3,(H,32,37)(H,33,34). The molecule has 0 saturated carbocycles. The number of benzene rings is 2. The second kappa shape index (κ2) is 12.2. The molecule has 0 aliphatic heterocycles. The lowest BCUT2D eigenvalue weighted by Crippen LogP contribution is -2.26. The molecule has 0 saturated heterocycles. The first kappa shape index (κ1) is 27.2. The molecule has 196 valence electrons. The highest BCUT2D eigenvalue weighted by Gasteiger charge is 2.17. The quantitative estimate of drug-likeness (QED) is 0.205. The van der Waals surface area contributed by atoms with E-state index in [1.54, 1.807) is 18.2 Å². The average Bonchev–Trinajstić information content (AvgIpc) is 3.20. The summed E-state index contributed by atoms with van der Waals surface area (Å²) in [6, 6.07) is 9.26. The van der Waals surface area contributed by atoms with Crippen LogP contribution < -0.4 is 10.9 Å². The van der Waals surface area contributed by atoms with Crippen molar-refractivity contribution in [1.82, 2.24) is 19.4 Å². The first-order valence-electron chi connectivity index (χ1n) is 13.0. The van der Waals surface area contributed by atoms with Gasteiger partial charge in [0.2, 0.25) is 5.95 Å². The Hall–Kier alpha value is -2.80. The van der Waals surface area contributed by atoms with E-state index in [0.717, 1.165) is 47.3 Å². The number of hydrogen-bond acceptors (Lipinski definition) is 4. The molecule has 0 aliphatic rings. The van der Waals surface area contributed by atoms with E-state index in [-0.39, 0.29) is 5.56 Å². The number of para-hydroxylation sites is 1. The van der Waals surface area contributed by atoms with Crippen molar-refractivity contribution in [2.45, 2.75) is 46.5 Å². The van der Waals surface area contributed by atoms with E-state index in [4.69, 9.17) is 28.2 Å². The minimum Gasteiger partial charge on any atom is -0.323 e. The second-order valence-corrected chi connectivity index (χ2v) is 10.3. The van der Waals surface area contributed by atoms with Gasteiger partial charge in [-0.3, -0.25) is 9.69 Å². The Balaban J connectivity index is 1.69. The Bertz CT molecular complexity index is 1460. The van der Waals surface area contributed by atoms with Crippen molar-refractivity contribution in [3.63, 3.8) is 0 Å². The maximum Gasteiger partial charge on any atom is 0.258 e. The molecule has 0 unspecified atom stereocenters. The highest BCUT2D eigenvalue weighted by Crippen LogP contribution is 2.34. The predicted molar refractivity (Wildman–Crippen MR) is 159 cm³/mol. The number of rotatable bonds is 11. The molecule has 0 spiro atoms. The molecule has 4 aromatic rings. The number of hydrogen-bond donors (Lipinski definition) is 2. The van der Waals surface area contributed by atoms with Gasteiger partial charge in [-0.1, -0.05) is 68.1 Å². The Morgan fingerprint density at radius 3 is 2.41 bits per heavy atom. The Labute approximate surface area is 228 Å². The molecular weight excluding hydrogens is 505 g/mol. The molecule has 2 aromatic carbocycles. The van der Waals surface area contributed by atoms with E-state index in [9.17, 15) is 4.79 Å². The van der Waals surface area contributed by atoms with Gasteiger partial charge in [-0.15, -0.1) is 0 Å². The van der Waals surface area contributed by atoms with Crippen LogP contribution in [0, 0.1) is 6.92 Å². The second-order valence-electron chi connectivity index (χ2n) is 9.47. The van der Waals surface area contributed by atoms with Crippen LogP contribution >= 0.6 is 23.2 Å². The number of nitrogens with zero attached hydrogens (tertiary/aromatic N) is 3. The van der Waals surface area contributed by atoms with Gasteiger partial charge in [-0.2, -0.15) is 0 Å².